The second-order valence-corrected chi connectivity index (χ2v) is 6.87. The van der Waals surface area contributed by atoms with Crippen LogP contribution in [0.5, 0.6) is 0 Å². The van der Waals surface area contributed by atoms with Gasteiger partial charge in [-0.25, -0.2) is 9.67 Å². The predicted molar refractivity (Wildman–Crippen MR) is 100 cm³/mol. The van der Waals surface area contributed by atoms with E-state index in [0.29, 0.717) is 10.7 Å². The Kier molecular flexibility index (Phi) is 4.38. The van der Waals surface area contributed by atoms with E-state index in [9.17, 15) is 13.2 Å². The van der Waals surface area contributed by atoms with Crippen LogP contribution in [-0.2, 0) is 19.8 Å². The maximum Gasteiger partial charge on any atom is 0.417 e. The van der Waals surface area contributed by atoms with Gasteiger partial charge in [-0.15, -0.1) is 0 Å². The number of alkyl halides is 3. The van der Waals surface area contributed by atoms with Crippen molar-refractivity contribution in [3.63, 3.8) is 0 Å². The van der Waals surface area contributed by atoms with Crippen LogP contribution >= 0.6 is 11.6 Å². The van der Waals surface area contributed by atoms with E-state index in [1.165, 1.54) is 9.36 Å². The van der Waals surface area contributed by atoms with Crippen molar-refractivity contribution in [2.45, 2.75) is 19.6 Å². The van der Waals surface area contributed by atoms with Gasteiger partial charge in [0, 0.05) is 18.3 Å². The zero-order chi connectivity index (χ0) is 20.1. The summed E-state index contributed by atoms with van der Waals surface area (Å²) >= 11 is 6.21. The van der Waals surface area contributed by atoms with E-state index in [1.54, 1.807) is 44.4 Å². The molecule has 0 bridgehead atoms. The van der Waals surface area contributed by atoms with E-state index in [4.69, 9.17) is 11.6 Å². The lowest BCUT2D eigenvalue weighted by molar-refractivity contribution is -0.136. The summed E-state index contributed by atoms with van der Waals surface area (Å²) in [5.74, 6) is 0. The summed E-state index contributed by atoms with van der Waals surface area (Å²) in [5.41, 5.74) is 0.870. The van der Waals surface area contributed by atoms with Crippen LogP contribution in [0, 0.1) is 6.92 Å². The van der Waals surface area contributed by atoms with E-state index < -0.39 is 11.7 Å². The highest BCUT2D eigenvalue weighted by Gasteiger charge is 2.36. The standard InChI is InChI=1S/C19H15ClF3N5/c1-11-17-13(19(21,22)23)9-16(15-7-8-27(2)26-15)24-18(17)28(25-11)10-12-5-3-4-6-14(12)20/h3-9H,10H2,1-2H3. The molecular weight excluding hydrogens is 391 g/mol. The lowest BCUT2D eigenvalue weighted by atomic mass is 10.1. The smallest absolute Gasteiger partial charge is 0.275 e. The Labute approximate surface area is 163 Å². The minimum absolute atomic E-state index is 0.0146. The van der Waals surface area contributed by atoms with E-state index in [1.807, 2.05) is 6.07 Å². The van der Waals surface area contributed by atoms with E-state index >= 15 is 0 Å². The van der Waals surface area contributed by atoms with Crippen molar-refractivity contribution < 1.29 is 13.2 Å². The molecule has 0 spiro atoms. The van der Waals surface area contributed by atoms with Gasteiger partial charge >= 0.3 is 6.18 Å². The van der Waals surface area contributed by atoms with Crippen molar-refractivity contribution in [2.75, 3.05) is 0 Å². The fourth-order valence-corrected chi connectivity index (χ4v) is 3.35. The van der Waals surface area contributed by atoms with Gasteiger partial charge in [0.15, 0.2) is 5.65 Å². The third kappa shape index (κ3) is 3.24. The molecule has 0 saturated heterocycles. The molecule has 0 saturated carbocycles. The van der Waals surface area contributed by atoms with Crippen molar-refractivity contribution in [1.82, 2.24) is 24.5 Å². The first kappa shape index (κ1) is 18.5. The Bertz CT molecular complexity index is 1180. The molecule has 0 amide bonds. The van der Waals surface area contributed by atoms with Crippen LogP contribution in [0.3, 0.4) is 0 Å². The first-order chi connectivity index (χ1) is 13.2. The highest BCUT2D eigenvalue weighted by atomic mass is 35.5. The fraction of sp³-hybridized carbons (Fsp3) is 0.211. The minimum atomic E-state index is -4.55. The van der Waals surface area contributed by atoms with Crippen LogP contribution in [-0.4, -0.2) is 24.5 Å². The molecule has 5 nitrogen and oxygen atoms in total. The van der Waals surface area contributed by atoms with Crippen LogP contribution in [0.2, 0.25) is 5.02 Å². The quantitative estimate of drug-likeness (QED) is 0.489. The van der Waals surface area contributed by atoms with Crippen LogP contribution in [0.15, 0.2) is 42.6 Å². The second-order valence-electron chi connectivity index (χ2n) is 6.46. The van der Waals surface area contributed by atoms with Gasteiger partial charge in [-0.05, 0) is 30.7 Å². The van der Waals surface area contributed by atoms with Crippen molar-refractivity contribution in [3.05, 3.63) is 64.4 Å². The molecule has 1 aromatic carbocycles. The number of aromatic nitrogens is 5. The predicted octanol–water partition coefficient (Wildman–Crippen LogP) is 4.86. The van der Waals surface area contributed by atoms with Gasteiger partial charge < -0.3 is 0 Å². The molecule has 0 aliphatic heterocycles. The summed E-state index contributed by atoms with van der Waals surface area (Å²) in [6.45, 7) is 1.75. The van der Waals surface area contributed by atoms with Crippen LogP contribution in [0.1, 0.15) is 16.8 Å². The van der Waals surface area contributed by atoms with Gasteiger partial charge in [-0.1, -0.05) is 29.8 Å². The van der Waals surface area contributed by atoms with Crippen LogP contribution in [0.4, 0.5) is 13.2 Å². The molecular formula is C19H15ClF3N5. The number of benzene rings is 1. The summed E-state index contributed by atoms with van der Waals surface area (Å²) in [6, 6.07) is 9.78. The number of rotatable bonds is 3. The third-order valence-electron chi connectivity index (χ3n) is 4.44. The normalized spacial score (nSPS) is 12.1. The summed E-state index contributed by atoms with van der Waals surface area (Å²) in [7, 11) is 1.69. The molecule has 9 heteroatoms. The molecule has 3 aromatic heterocycles. The number of aryl methyl sites for hydroxylation is 2. The van der Waals surface area contributed by atoms with Crippen LogP contribution < -0.4 is 0 Å². The molecule has 28 heavy (non-hydrogen) atoms. The lowest BCUT2D eigenvalue weighted by Gasteiger charge is -2.11. The summed E-state index contributed by atoms with van der Waals surface area (Å²) in [5, 5.41) is 8.99. The molecule has 0 fully saturated rings. The maximum atomic E-state index is 13.8. The Balaban J connectivity index is 1.96. The Morgan fingerprint density at radius 1 is 1.07 bits per heavy atom. The SMILES string of the molecule is Cc1nn(Cc2ccccc2Cl)c2nc(-c3ccn(C)n3)cc(C(F)(F)F)c12. The number of hydrogen-bond acceptors (Lipinski definition) is 3. The molecule has 4 aromatic rings. The summed E-state index contributed by atoms with van der Waals surface area (Å²) in [6.07, 6.45) is -2.89. The average Bonchev–Trinajstić information content (AvgIpc) is 3.19. The molecule has 0 atom stereocenters. The van der Waals surface area contributed by atoms with Gasteiger partial charge in [0.25, 0.3) is 0 Å². The number of nitrogens with zero attached hydrogens (tertiary/aromatic N) is 5. The Morgan fingerprint density at radius 2 is 1.82 bits per heavy atom. The number of pyridine rings is 1. The Hall–Kier alpha value is -2.87. The second kappa shape index (κ2) is 6.63. The molecule has 0 aliphatic rings. The first-order valence-corrected chi connectivity index (χ1v) is 8.80. The van der Waals surface area contributed by atoms with Crippen molar-refractivity contribution in [3.8, 4) is 11.4 Å². The van der Waals surface area contributed by atoms with Crippen LogP contribution in [0.25, 0.3) is 22.4 Å². The first-order valence-electron chi connectivity index (χ1n) is 8.43. The molecule has 0 radical (unpaired) electrons. The third-order valence-corrected chi connectivity index (χ3v) is 4.81. The molecule has 0 unspecified atom stereocenters. The molecule has 3 heterocycles. The van der Waals surface area contributed by atoms with E-state index in [-0.39, 0.29) is 29.0 Å². The largest absolute Gasteiger partial charge is 0.417 e. The zero-order valence-corrected chi connectivity index (χ0v) is 15.8. The number of halogens is 4. The molecule has 144 valence electrons. The minimum Gasteiger partial charge on any atom is -0.275 e. The Morgan fingerprint density at radius 3 is 2.46 bits per heavy atom. The van der Waals surface area contributed by atoms with E-state index in [0.717, 1.165) is 11.6 Å². The van der Waals surface area contributed by atoms with Gasteiger partial charge in [0.05, 0.1) is 28.9 Å². The van der Waals surface area contributed by atoms with Gasteiger partial charge in [-0.3, -0.25) is 4.68 Å². The maximum absolute atomic E-state index is 13.8. The highest BCUT2D eigenvalue weighted by Crippen LogP contribution is 2.38. The molecule has 4 rings (SSSR count). The number of fused-ring (bicyclic) bond motifs is 1. The highest BCUT2D eigenvalue weighted by molar-refractivity contribution is 6.31. The van der Waals surface area contributed by atoms with E-state index in [2.05, 4.69) is 15.2 Å². The lowest BCUT2D eigenvalue weighted by Crippen LogP contribution is -2.09. The number of hydrogen-bond donors (Lipinski definition) is 0. The molecule has 0 N–H and O–H groups in total. The van der Waals surface area contributed by atoms with Gasteiger partial charge in [-0.2, -0.15) is 23.4 Å². The van der Waals surface area contributed by atoms with Gasteiger partial charge in [0.1, 0.15) is 5.69 Å². The monoisotopic (exact) mass is 405 g/mol. The molecule has 0 aliphatic carbocycles. The fourth-order valence-electron chi connectivity index (χ4n) is 3.16. The van der Waals surface area contributed by atoms with Crippen molar-refractivity contribution >= 4 is 22.6 Å². The van der Waals surface area contributed by atoms with Crippen molar-refractivity contribution in [1.29, 1.82) is 0 Å². The zero-order valence-electron chi connectivity index (χ0n) is 15.0. The summed E-state index contributed by atoms with van der Waals surface area (Å²) in [4.78, 5) is 4.46. The van der Waals surface area contributed by atoms with Gasteiger partial charge in [0.2, 0.25) is 0 Å². The topological polar surface area (TPSA) is 48.5 Å². The van der Waals surface area contributed by atoms with Crippen molar-refractivity contribution in [2.24, 2.45) is 7.05 Å². The summed E-state index contributed by atoms with van der Waals surface area (Å²) < 4.78 is 44.3. The average molecular weight is 406 g/mol.